The van der Waals surface area contributed by atoms with Crippen molar-refractivity contribution in [2.45, 2.75) is 13.0 Å². The fourth-order valence-electron chi connectivity index (χ4n) is 2.28. The van der Waals surface area contributed by atoms with Gasteiger partial charge in [0.1, 0.15) is 5.76 Å². The molecule has 2 rings (SSSR count). The molecule has 0 saturated carbocycles. The molecule has 1 amide bonds. The van der Waals surface area contributed by atoms with Crippen molar-refractivity contribution in [2.24, 2.45) is 4.99 Å². The lowest BCUT2D eigenvalue weighted by molar-refractivity contribution is 0.0827. The number of amides is 1. The Hall–Kier alpha value is -2.29. The molecule has 1 heterocycles. The number of halogens is 1. The number of nitrogens with one attached hydrogen (secondary N) is 2. The maximum Gasteiger partial charge on any atom is 0.253 e. The molecule has 1 aromatic carbocycles. The highest BCUT2D eigenvalue weighted by molar-refractivity contribution is 14.0. The number of hydrogen-bond acceptors (Lipinski definition) is 3. The zero-order valence-corrected chi connectivity index (χ0v) is 18.1. The van der Waals surface area contributed by atoms with E-state index in [1.54, 1.807) is 31.3 Å². The molecule has 146 valence electrons. The van der Waals surface area contributed by atoms with E-state index in [0.29, 0.717) is 31.2 Å². The Bertz CT molecular complexity index is 725. The highest BCUT2D eigenvalue weighted by Gasteiger charge is 2.07. The smallest absolute Gasteiger partial charge is 0.253 e. The summed E-state index contributed by atoms with van der Waals surface area (Å²) in [6, 6.07) is 11.3. The van der Waals surface area contributed by atoms with Crippen LogP contribution in [0.2, 0.25) is 0 Å². The highest BCUT2D eigenvalue weighted by Crippen LogP contribution is 2.07. The Balaban J connectivity index is 0.00000364. The molecule has 7 heteroatoms. The fraction of sp³-hybridized carbons (Fsp3) is 0.300. The van der Waals surface area contributed by atoms with Crippen molar-refractivity contribution in [1.29, 1.82) is 0 Å². The summed E-state index contributed by atoms with van der Waals surface area (Å²) in [4.78, 5) is 18.1. The number of carbonyl (C=O) groups excluding carboxylic acids is 1. The second-order valence-corrected chi connectivity index (χ2v) is 5.99. The number of carbonyl (C=O) groups is 1. The maximum absolute atomic E-state index is 11.9. The van der Waals surface area contributed by atoms with Gasteiger partial charge < -0.3 is 20.0 Å². The first-order chi connectivity index (χ1) is 12.6. The highest BCUT2D eigenvalue weighted by atomic mass is 127. The van der Waals surface area contributed by atoms with E-state index in [9.17, 15) is 4.79 Å². The minimum absolute atomic E-state index is 0. The lowest BCUT2D eigenvalue weighted by Crippen LogP contribution is -2.38. The third kappa shape index (κ3) is 7.86. The van der Waals surface area contributed by atoms with Crippen LogP contribution in [0, 0.1) is 0 Å². The molecule has 0 spiro atoms. The third-order valence-electron chi connectivity index (χ3n) is 3.68. The molecule has 0 fully saturated rings. The Morgan fingerprint density at radius 2 is 1.96 bits per heavy atom. The van der Waals surface area contributed by atoms with E-state index in [1.165, 1.54) is 0 Å². The number of rotatable bonds is 8. The second kappa shape index (κ2) is 12.2. The van der Waals surface area contributed by atoms with Gasteiger partial charge in [-0.3, -0.25) is 4.79 Å². The molecular weight excluding hydrogens is 455 g/mol. The van der Waals surface area contributed by atoms with Gasteiger partial charge in [0.05, 0.1) is 12.8 Å². The summed E-state index contributed by atoms with van der Waals surface area (Å²) in [5.74, 6) is 1.64. The summed E-state index contributed by atoms with van der Waals surface area (Å²) in [6.45, 7) is 5.58. The minimum atomic E-state index is -0.00650. The second-order valence-electron chi connectivity index (χ2n) is 5.99. The van der Waals surface area contributed by atoms with Crippen LogP contribution < -0.4 is 10.6 Å². The molecule has 1 aromatic heterocycles. The van der Waals surface area contributed by atoms with Crippen LogP contribution in [0.5, 0.6) is 0 Å². The summed E-state index contributed by atoms with van der Waals surface area (Å²) in [5, 5.41) is 6.47. The van der Waals surface area contributed by atoms with Gasteiger partial charge in [0.2, 0.25) is 0 Å². The zero-order valence-electron chi connectivity index (χ0n) is 15.8. The predicted octanol–water partition coefficient (Wildman–Crippen LogP) is 3.06. The van der Waals surface area contributed by atoms with Crippen LogP contribution in [0.3, 0.4) is 0 Å². The van der Waals surface area contributed by atoms with Crippen molar-refractivity contribution in [2.75, 3.05) is 27.2 Å². The number of nitrogens with zero attached hydrogens (tertiary/aromatic N) is 2. The largest absolute Gasteiger partial charge is 0.469 e. The molecule has 2 N–H and O–H groups in total. The SMILES string of the molecule is C=CCNC(=NCc1ccc(C(=O)N(C)C)cc1)NCCc1ccco1.I. The van der Waals surface area contributed by atoms with Crippen molar-refractivity contribution in [1.82, 2.24) is 15.5 Å². The molecule has 0 aliphatic rings. The Morgan fingerprint density at radius 3 is 2.56 bits per heavy atom. The van der Waals surface area contributed by atoms with Gasteiger partial charge in [-0.2, -0.15) is 0 Å². The molecule has 0 saturated heterocycles. The average Bonchev–Trinajstić information content (AvgIpc) is 3.16. The van der Waals surface area contributed by atoms with Crippen molar-refractivity contribution in [3.05, 3.63) is 72.2 Å². The maximum atomic E-state index is 11.9. The van der Waals surface area contributed by atoms with Crippen LogP contribution in [-0.4, -0.2) is 44.0 Å². The minimum Gasteiger partial charge on any atom is -0.469 e. The number of benzene rings is 1. The Kier molecular flexibility index (Phi) is 10.2. The van der Waals surface area contributed by atoms with Crippen LogP contribution in [-0.2, 0) is 13.0 Å². The fourth-order valence-corrected chi connectivity index (χ4v) is 2.28. The molecule has 0 radical (unpaired) electrons. The van der Waals surface area contributed by atoms with E-state index in [2.05, 4.69) is 22.2 Å². The molecular formula is C20H27IN4O2. The molecule has 0 aliphatic carbocycles. The lowest BCUT2D eigenvalue weighted by Gasteiger charge is -2.12. The van der Waals surface area contributed by atoms with Gasteiger partial charge in [-0.25, -0.2) is 4.99 Å². The van der Waals surface area contributed by atoms with Crippen molar-refractivity contribution < 1.29 is 9.21 Å². The van der Waals surface area contributed by atoms with Crippen LogP contribution in [0.15, 0.2) is 64.7 Å². The van der Waals surface area contributed by atoms with E-state index >= 15 is 0 Å². The zero-order chi connectivity index (χ0) is 18.8. The topological polar surface area (TPSA) is 69.9 Å². The molecule has 6 nitrogen and oxygen atoms in total. The number of hydrogen-bond donors (Lipinski definition) is 2. The number of guanidine groups is 1. The summed E-state index contributed by atoms with van der Waals surface area (Å²) in [7, 11) is 3.49. The first-order valence-corrected chi connectivity index (χ1v) is 8.56. The molecule has 0 unspecified atom stereocenters. The summed E-state index contributed by atoms with van der Waals surface area (Å²) in [5.41, 5.74) is 1.70. The molecule has 0 aliphatic heterocycles. The first kappa shape index (κ1) is 22.8. The third-order valence-corrected chi connectivity index (χ3v) is 3.68. The van der Waals surface area contributed by atoms with Crippen molar-refractivity contribution >= 4 is 35.8 Å². The van der Waals surface area contributed by atoms with Crippen molar-refractivity contribution in [3.8, 4) is 0 Å². The van der Waals surface area contributed by atoms with E-state index in [0.717, 1.165) is 17.7 Å². The van der Waals surface area contributed by atoms with Crippen LogP contribution >= 0.6 is 24.0 Å². The van der Waals surface area contributed by atoms with Gasteiger partial charge in [-0.15, -0.1) is 30.6 Å². The van der Waals surface area contributed by atoms with Crippen LogP contribution in [0.25, 0.3) is 0 Å². The quantitative estimate of drug-likeness (QED) is 0.263. The van der Waals surface area contributed by atoms with E-state index in [-0.39, 0.29) is 29.9 Å². The van der Waals surface area contributed by atoms with E-state index < -0.39 is 0 Å². The normalized spacial score (nSPS) is 10.7. The van der Waals surface area contributed by atoms with E-state index in [4.69, 9.17) is 4.42 Å². The van der Waals surface area contributed by atoms with Gasteiger partial charge in [-0.1, -0.05) is 18.2 Å². The van der Waals surface area contributed by atoms with E-state index in [1.807, 2.05) is 36.4 Å². The van der Waals surface area contributed by atoms with Crippen molar-refractivity contribution in [3.63, 3.8) is 0 Å². The average molecular weight is 482 g/mol. The van der Waals surface area contributed by atoms with Gasteiger partial charge in [-0.05, 0) is 29.8 Å². The van der Waals surface area contributed by atoms with Crippen LogP contribution in [0.1, 0.15) is 21.7 Å². The van der Waals surface area contributed by atoms with Gasteiger partial charge in [0.15, 0.2) is 5.96 Å². The molecule has 0 bridgehead atoms. The van der Waals surface area contributed by atoms with Gasteiger partial charge in [0, 0.05) is 39.2 Å². The predicted molar refractivity (Wildman–Crippen MR) is 120 cm³/mol. The van der Waals surface area contributed by atoms with Gasteiger partial charge in [0.25, 0.3) is 5.91 Å². The van der Waals surface area contributed by atoms with Gasteiger partial charge >= 0.3 is 0 Å². The standard InChI is InChI=1S/C20H26N4O2.HI/c1-4-12-21-20(22-13-11-18-6-5-14-26-18)23-15-16-7-9-17(10-8-16)19(25)24(2)3;/h4-10,14H,1,11-13,15H2,2-3H3,(H2,21,22,23);1H. The Labute approximate surface area is 177 Å². The summed E-state index contributed by atoms with van der Waals surface area (Å²) < 4.78 is 5.33. The summed E-state index contributed by atoms with van der Waals surface area (Å²) >= 11 is 0. The molecule has 0 atom stereocenters. The Morgan fingerprint density at radius 1 is 1.22 bits per heavy atom. The molecule has 27 heavy (non-hydrogen) atoms. The monoisotopic (exact) mass is 482 g/mol. The number of aliphatic imine (C=N–C) groups is 1. The first-order valence-electron chi connectivity index (χ1n) is 8.56. The van der Waals surface area contributed by atoms with Crippen LogP contribution in [0.4, 0.5) is 0 Å². The summed E-state index contributed by atoms with van der Waals surface area (Å²) in [6.07, 6.45) is 4.24. The number of furan rings is 1. The lowest BCUT2D eigenvalue weighted by atomic mass is 10.1. The molecule has 2 aromatic rings.